The summed E-state index contributed by atoms with van der Waals surface area (Å²) < 4.78 is 13.0. The predicted molar refractivity (Wildman–Crippen MR) is 128 cm³/mol. The van der Waals surface area contributed by atoms with Crippen LogP contribution in [0.1, 0.15) is 48.0 Å². The molecule has 2 aliphatic carbocycles. The zero-order valence-corrected chi connectivity index (χ0v) is 19.2. The molecule has 1 aromatic rings. The van der Waals surface area contributed by atoms with Gasteiger partial charge in [-0.1, -0.05) is 0 Å². The van der Waals surface area contributed by atoms with Gasteiger partial charge in [-0.15, -0.1) is 0 Å². The van der Waals surface area contributed by atoms with Gasteiger partial charge in [0.05, 0.1) is 17.0 Å². The van der Waals surface area contributed by atoms with E-state index in [0.29, 0.717) is 56.7 Å². The molecular weight excluding hydrogens is 446 g/mol. The number of ketones is 1. The molecular formula is C27H25N3O5. The van der Waals surface area contributed by atoms with E-state index in [9.17, 15) is 14.4 Å². The molecule has 3 aliphatic heterocycles. The second-order valence-corrected chi connectivity index (χ2v) is 9.52. The summed E-state index contributed by atoms with van der Waals surface area (Å²) in [5, 5.41) is 6.49. The summed E-state index contributed by atoms with van der Waals surface area (Å²) >= 11 is 0. The molecule has 0 aromatic heterocycles. The van der Waals surface area contributed by atoms with Crippen LogP contribution < -0.4 is 31.1 Å². The van der Waals surface area contributed by atoms with Crippen LogP contribution in [0.25, 0.3) is 16.8 Å². The van der Waals surface area contributed by atoms with Crippen LogP contribution in [0.4, 0.5) is 0 Å². The highest BCUT2D eigenvalue weighted by Gasteiger charge is 2.27. The van der Waals surface area contributed by atoms with E-state index in [1.807, 2.05) is 10.6 Å². The Morgan fingerprint density at radius 2 is 1.94 bits per heavy atom. The third-order valence-corrected chi connectivity index (χ3v) is 7.40. The molecule has 1 unspecified atom stereocenters. The van der Waals surface area contributed by atoms with E-state index in [0.717, 1.165) is 31.3 Å². The zero-order chi connectivity index (χ0) is 24.1. The average Bonchev–Trinajstić information content (AvgIpc) is 3.44. The van der Waals surface area contributed by atoms with E-state index in [4.69, 9.17) is 15.2 Å². The third kappa shape index (κ3) is 3.38. The molecule has 0 spiro atoms. The van der Waals surface area contributed by atoms with Gasteiger partial charge in [-0.25, -0.2) is 9.59 Å². The molecule has 8 heteroatoms. The van der Waals surface area contributed by atoms with Gasteiger partial charge < -0.3 is 25.1 Å². The number of benzene rings is 1. The molecule has 0 radical (unpaired) electrons. The van der Waals surface area contributed by atoms with Crippen LogP contribution in [0, 0.1) is 16.5 Å². The van der Waals surface area contributed by atoms with Gasteiger partial charge in [-0.3, -0.25) is 4.79 Å². The van der Waals surface area contributed by atoms with E-state index in [2.05, 4.69) is 17.2 Å². The fourth-order valence-corrected chi connectivity index (χ4v) is 5.86. The maximum atomic E-state index is 13.2. The summed E-state index contributed by atoms with van der Waals surface area (Å²) in [6.45, 7) is 2.69. The first-order valence-electron chi connectivity index (χ1n) is 12.0. The van der Waals surface area contributed by atoms with Crippen molar-refractivity contribution in [3.05, 3.63) is 50.1 Å². The van der Waals surface area contributed by atoms with Crippen molar-refractivity contribution in [3.8, 4) is 11.5 Å². The standard InChI is InChI=1S/C27H25N3O5/c28-16-7-19-21(13-32)30(6-2-4-15-3-1-5-29-11-15)27-18-10-24-23(34-14-35-24)9-17(18)20(12-31)26(27)25(19)22(33)8-16/h7,9-10,15,29H,1-6,8,11,14,28H2. The number of Topliss-reactive ketones (excluding diaryl/α,β-unsaturated/α-hetero) is 1. The minimum atomic E-state index is -0.228. The van der Waals surface area contributed by atoms with Crippen molar-refractivity contribution in [2.45, 2.75) is 38.6 Å². The molecule has 1 atom stereocenters. The highest BCUT2D eigenvalue weighted by Crippen LogP contribution is 2.36. The fourth-order valence-electron chi connectivity index (χ4n) is 5.86. The predicted octanol–water partition coefficient (Wildman–Crippen LogP) is 0.767. The van der Waals surface area contributed by atoms with Gasteiger partial charge in [-0.2, -0.15) is 0 Å². The molecule has 3 heterocycles. The summed E-state index contributed by atoms with van der Waals surface area (Å²) in [5.41, 5.74) is 7.19. The number of nitrogens with two attached hydrogens (primary N) is 1. The van der Waals surface area contributed by atoms with Crippen LogP contribution >= 0.6 is 0 Å². The van der Waals surface area contributed by atoms with Crippen LogP contribution in [0.3, 0.4) is 0 Å². The number of nitrogens with one attached hydrogen (secondary N) is 1. The van der Waals surface area contributed by atoms with Gasteiger partial charge in [0.15, 0.2) is 23.2 Å². The summed E-state index contributed by atoms with van der Waals surface area (Å²) in [5.74, 6) is 5.60. The van der Waals surface area contributed by atoms with Crippen molar-refractivity contribution in [1.29, 1.82) is 0 Å². The normalized spacial score (nSPS) is 18.9. The molecule has 0 bridgehead atoms. The Balaban J connectivity index is 1.67. The molecule has 0 amide bonds. The molecule has 6 rings (SSSR count). The average molecular weight is 472 g/mol. The second-order valence-electron chi connectivity index (χ2n) is 9.52. The second kappa shape index (κ2) is 8.43. The van der Waals surface area contributed by atoms with Crippen molar-refractivity contribution in [2.24, 2.45) is 11.7 Å². The van der Waals surface area contributed by atoms with E-state index >= 15 is 0 Å². The molecule has 1 fully saturated rings. The highest BCUT2D eigenvalue weighted by molar-refractivity contribution is 6.05. The Kier molecular flexibility index (Phi) is 5.23. The Morgan fingerprint density at radius 3 is 2.66 bits per heavy atom. The maximum Gasteiger partial charge on any atom is 0.231 e. The number of carbonyl (C=O) groups is 1. The number of aromatic nitrogens is 1. The number of fused-ring (bicyclic) bond motifs is 5. The molecule has 35 heavy (non-hydrogen) atoms. The number of ether oxygens (including phenoxy) is 2. The van der Waals surface area contributed by atoms with Crippen LogP contribution in [0.2, 0.25) is 0 Å². The Bertz CT molecular complexity index is 1650. The Labute approximate surface area is 200 Å². The zero-order valence-electron chi connectivity index (χ0n) is 19.2. The van der Waals surface area contributed by atoms with Crippen LogP contribution in [-0.2, 0) is 16.1 Å². The molecule has 8 nitrogen and oxygen atoms in total. The highest BCUT2D eigenvalue weighted by atomic mass is 16.7. The van der Waals surface area contributed by atoms with Gasteiger partial charge in [0.2, 0.25) is 6.79 Å². The van der Waals surface area contributed by atoms with Crippen molar-refractivity contribution in [1.82, 2.24) is 9.88 Å². The quantitative estimate of drug-likeness (QED) is 0.578. The van der Waals surface area contributed by atoms with Crippen molar-refractivity contribution >= 4 is 34.5 Å². The molecule has 178 valence electrons. The van der Waals surface area contributed by atoms with Crippen LogP contribution in [0.5, 0.6) is 11.5 Å². The molecule has 1 aromatic carbocycles. The first kappa shape index (κ1) is 21.7. The summed E-state index contributed by atoms with van der Waals surface area (Å²) in [6.07, 6.45) is 5.89. The summed E-state index contributed by atoms with van der Waals surface area (Å²) in [7, 11) is 0. The lowest BCUT2D eigenvalue weighted by Gasteiger charge is -2.23. The minimum Gasteiger partial charge on any atom is -0.454 e. The van der Waals surface area contributed by atoms with Crippen LogP contribution in [-0.4, -0.2) is 42.1 Å². The monoisotopic (exact) mass is 471 g/mol. The van der Waals surface area contributed by atoms with E-state index < -0.39 is 0 Å². The summed E-state index contributed by atoms with van der Waals surface area (Å²) in [6, 6.07) is 3.57. The third-order valence-electron chi connectivity index (χ3n) is 7.40. The van der Waals surface area contributed by atoms with Crippen molar-refractivity contribution in [2.75, 3.05) is 19.9 Å². The summed E-state index contributed by atoms with van der Waals surface area (Å²) in [4.78, 5) is 37.9. The number of hydrogen-bond acceptors (Lipinski definition) is 7. The largest absolute Gasteiger partial charge is 0.454 e. The number of allylic oxidation sites excluding steroid dienone is 1. The number of nitrogens with zero attached hydrogens (tertiary/aromatic N) is 1. The van der Waals surface area contributed by atoms with Gasteiger partial charge in [0.1, 0.15) is 11.3 Å². The van der Waals surface area contributed by atoms with E-state index in [1.165, 1.54) is 12.8 Å². The van der Waals surface area contributed by atoms with Crippen molar-refractivity contribution in [3.63, 3.8) is 0 Å². The number of hydrogen-bond donors (Lipinski definition) is 2. The molecule has 3 N–H and O–H groups in total. The van der Waals surface area contributed by atoms with Gasteiger partial charge in [0.25, 0.3) is 0 Å². The molecule has 0 saturated carbocycles. The minimum absolute atomic E-state index is 0.0294. The Hall–Kier alpha value is -3.83. The first-order chi connectivity index (χ1) is 17.1. The van der Waals surface area contributed by atoms with E-state index in [-0.39, 0.29) is 29.6 Å². The van der Waals surface area contributed by atoms with Crippen LogP contribution in [0.15, 0.2) is 17.8 Å². The lowest BCUT2D eigenvalue weighted by molar-refractivity contribution is 0.0990. The topological polar surface area (TPSA) is 113 Å². The molecule has 1 saturated heterocycles. The fraction of sp³-hybridized carbons (Fsp3) is 0.370. The number of rotatable bonds is 4. The van der Waals surface area contributed by atoms with Gasteiger partial charge in [0, 0.05) is 39.4 Å². The lowest BCUT2D eigenvalue weighted by atomic mass is 9.92. The SMILES string of the molecule is NC1=Cc2c(c3c(=C=O)c4cc5c(cc4c=3n(CCCC3CCCNC3)c2=C=O)OCO5)C(=O)C1. The molecule has 5 aliphatic rings. The maximum absolute atomic E-state index is 13.2. The van der Waals surface area contributed by atoms with Gasteiger partial charge >= 0.3 is 0 Å². The lowest BCUT2D eigenvalue weighted by Crippen LogP contribution is -2.33. The number of carbonyl (C=O) groups excluding carboxylic acids is 3. The Morgan fingerprint density at radius 1 is 1.14 bits per heavy atom. The number of piperidine rings is 1. The first-order valence-corrected chi connectivity index (χ1v) is 12.0. The smallest absolute Gasteiger partial charge is 0.231 e. The van der Waals surface area contributed by atoms with Crippen molar-refractivity contribution < 1.29 is 23.9 Å². The van der Waals surface area contributed by atoms with E-state index in [1.54, 1.807) is 12.1 Å². The van der Waals surface area contributed by atoms with Gasteiger partial charge in [-0.05, 0) is 62.9 Å².